The van der Waals surface area contributed by atoms with Crippen molar-refractivity contribution in [2.75, 3.05) is 6.54 Å². The van der Waals surface area contributed by atoms with Crippen LogP contribution in [0.5, 0.6) is 0 Å². The zero-order valence-electron chi connectivity index (χ0n) is 11.1. The molecule has 1 unspecified atom stereocenters. The zero-order chi connectivity index (χ0) is 12.4. The van der Waals surface area contributed by atoms with Crippen LogP contribution in [0, 0.1) is 11.8 Å². The first-order valence-electron chi connectivity index (χ1n) is 7.10. The van der Waals surface area contributed by atoms with Crippen molar-refractivity contribution in [3.63, 3.8) is 0 Å². The van der Waals surface area contributed by atoms with Gasteiger partial charge in [0.2, 0.25) is 5.91 Å². The fraction of sp³-hybridized carbons (Fsp3) is 0.929. The van der Waals surface area contributed by atoms with Gasteiger partial charge in [0.25, 0.3) is 0 Å². The number of likely N-dealkylation sites (tertiary alicyclic amines) is 1. The lowest BCUT2D eigenvalue weighted by molar-refractivity contribution is -0.137. The highest BCUT2D eigenvalue weighted by Crippen LogP contribution is 2.36. The number of fused-ring (bicyclic) bond motifs is 1. The number of hydrogen-bond acceptors (Lipinski definition) is 2. The quantitative estimate of drug-likeness (QED) is 0.752. The maximum atomic E-state index is 12.4. The molecule has 0 aromatic carbocycles. The topological polar surface area (TPSA) is 20.3 Å². The van der Waals surface area contributed by atoms with Crippen LogP contribution in [0.3, 0.4) is 0 Å². The van der Waals surface area contributed by atoms with E-state index >= 15 is 0 Å². The second-order valence-corrected chi connectivity index (χ2v) is 6.53. The maximum absolute atomic E-state index is 12.4. The molecule has 98 valence electrons. The molecular formula is C14H25NOS. The molecular weight excluding hydrogens is 230 g/mol. The van der Waals surface area contributed by atoms with Gasteiger partial charge in [-0.15, -0.1) is 0 Å². The van der Waals surface area contributed by atoms with Crippen LogP contribution < -0.4 is 0 Å². The van der Waals surface area contributed by atoms with E-state index in [0.717, 1.165) is 12.5 Å². The van der Waals surface area contributed by atoms with E-state index in [1.807, 2.05) is 0 Å². The Morgan fingerprint density at radius 2 is 1.82 bits per heavy atom. The van der Waals surface area contributed by atoms with Gasteiger partial charge in [-0.1, -0.05) is 26.7 Å². The van der Waals surface area contributed by atoms with E-state index in [1.54, 1.807) is 0 Å². The SMILES string of the molecule is CC(C)C(S)C(=O)N1CCC[C@H]2CCCC[C@H]21. The van der Waals surface area contributed by atoms with Crippen LogP contribution in [-0.4, -0.2) is 28.6 Å². The summed E-state index contributed by atoms with van der Waals surface area (Å²) in [6, 6.07) is 0.526. The Bertz CT molecular complexity index is 277. The molecule has 1 saturated carbocycles. The van der Waals surface area contributed by atoms with Crippen molar-refractivity contribution >= 4 is 18.5 Å². The molecule has 0 N–H and O–H groups in total. The summed E-state index contributed by atoms with van der Waals surface area (Å²) in [7, 11) is 0. The minimum absolute atomic E-state index is 0.115. The summed E-state index contributed by atoms with van der Waals surface area (Å²) in [6.45, 7) is 5.12. The van der Waals surface area contributed by atoms with Gasteiger partial charge < -0.3 is 4.90 Å². The summed E-state index contributed by atoms with van der Waals surface area (Å²) in [4.78, 5) is 14.6. The van der Waals surface area contributed by atoms with E-state index in [9.17, 15) is 4.79 Å². The molecule has 1 aliphatic carbocycles. The maximum Gasteiger partial charge on any atom is 0.235 e. The summed E-state index contributed by atoms with van der Waals surface area (Å²) in [5.41, 5.74) is 0. The molecule has 1 heterocycles. The second kappa shape index (κ2) is 5.64. The third-order valence-electron chi connectivity index (χ3n) is 4.41. The van der Waals surface area contributed by atoms with E-state index in [2.05, 4.69) is 31.4 Å². The van der Waals surface area contributed by atoms with Crippen LogP contribution in [0.1, 0.15) is 52.4 Å². The lowest BCUT2D eigenvalue weighted by atomic mass is 9.78. The van der Waals surface area contributed by atoms with Crippen molar-refractivity contribution in [3.05, 3.63) is 0 Å². The van der Waals surface area contributed by atoms with Gasteiger partial charge in [-0.25, -0.2) is 0 Å². The Labute approximate surface area is 111 Å². The molecule has 0 spiro atoms. The number of thiol groups is 1. The minimum Gasteiger partial charge on any atom is -0.338 e. The van der Waals surface area contributed by atoms with Gasteiger partial charge in [0.05, 0.1) is 5.25 Å². The third kappa shape index (κ3) is 2.81. The molecule has 1 aliphatic heterocycles. The summed E-state index contributed by atoms with van der Waals surface area (Å²) in [5.74, 6) is 1.38. The fourth-order valence-corrected chi connectivity index (χ4v) is 3.50. The Morgan fingerprint density at radius 1 is 1.18 bits per heavy atom. The monoisotopic (exact) mass is 255 g/mol. The van der Waals surface area contributed by atoms with Crippen molar-refractivity contribution in [3.8, 4) is 0 Å². The van der Waals surface area contributed by atoms with Crippen LogP contribution in [0.2, 0.25) is 0 Å². The average molecular weight is 255 g/mol. The molecule has 1 saturated heterocycles. The van der Waals surface area contributed by atoms with Gasteiger partial charge in [-0.3, -0.25) is 4.79 Å². The van der Waals surface area contributed by atoms with Gasteiger partial charge in [-0.05, 0) is 37.5 Å². The Balaban J connectivity index is 2.05. The van der Waals surface area contributed by atoms with Crippen molar-refractivity contribution in [2.45, 2.75) is 63.7 Å². The lowest BCUT2D eigenvalue weighted by Crippen LogP contribution is -2.52. The average Bonchev–Trinajstić information content (AvgIpc) is 2.36. The van der Waals surface area contributed by atoms with Crippen LogP contribution in [0.15, 0.2) is 0 Å². The third-order valence-corrected chi connectivity index (χ3v) is 5.23. The number of hydrogen-bond donors (Lipinski definition) is 1. The van der Waals surface area contributed by atoms with Crippen molar-refractivity contribution in [1.29, 1.82) is 0 Å². The zero-order valence-corrected chi connectivity index (χ0v) is 12.0. The minimum atomic E-state index is -0.115. The van der Waals surface area contributed by atoms with Crippen molar-refractivity contribution < 1.29 is 4.79 Å². The molecule has 3 atom stereocenters. The fourth-order valence-electron chi connectivity index (χ4n) is 3.35. The Hall–Kier alpha value is -0.180. The lowest BCUT2D eigenvalue weighted by Gasteiger charge is -2.45. The van der Waals surface area contributed by atoms with E-state index < -0.39 is 0 Å². The number of carbonyl (C=O) groups excluding carboxylic acids is 1. The first-order chi connectivity index (χ1) is 8.11. The normalized spacial score (nSPS) is 31.2. The first-order valence-corrected chi connectivity index (χ1v) is 7.61. The predicted molar refractivity (Wildman–Crippen MR) is 74.3 cm³/mol. The first kappa shape index (κ1) is 13.3. The van der Waals surface area contributed by atoms with Crippen LogP contribution in [-0.2, 0) is 4.79 Å². The van der Waals surface area contributed by atoms with Crippen LogP contribution in [0.4, 0.5) is 0 Å². The number of carbonyl (C=O) groups is 1. The molecule has 2 aliphatic rings. The van der Waals surface area contributed by atoms with Crippen LogP contribution >= 0.6 is 12.6 Å². The molecule has 0 aromatic heterocycles. The smallest absolute Gasteiger partial charge is 0.235 e. The molecule has 2 fully saturated rings. The predicted octanol–water partition coefficient (Wildman–Crippen LogP) is 3.12. The van der Waals surface area contributed by atoms with Gasteiger partial charge in [0, 0.05) is 12.6 Å². The summed E-state index contributed by atoms with van der Waals surface area (Å²) in [5, 5.41) is -0.115. The van der Waals surface area contributed by atoms with Gasteiger partial charge in [-0.2, -0.15) is 12.6 Å². The van der Waals surface area contributed by atoms with E-state index in [-0.39, 0.29) is 11.2 Å². The highest BCUT2D eigenvalue weighted by Gasteiger charge is 2.37. The van der Waals surface area contributed by atoms with Crippen molar-refractivity contribution in [1.82, 2.24) is 4.90 Å². The largest absolute Gasteiger partial charge is 0.338 e. The second-order valence-electron chi connectivity index (χ2n) is 5.97. The molecule has 3 heteroatoms. The van der Waals surface area contributed by atoms with Crippen molar-refractivity contribution in [2.24, 2.45) is 11.8 Å². The number of rotatable bonds is 2. The molecule has 2 nitrogen and oxygen atoms in total. The number of nitrogens with zero attached hydrogens (tertiary/aromatic N) is 1. The number of piperidine rings is 1. The molecule has 1 amide bonds. The Morgan fingerprint density at radius 3 is 2.53 bits per heavy atom. The molecule has 0 aromatic rings. The molecule has 17 heavy (non-hydrogen) atoms. The molecule has 2 rings (SSSR count). The Kier molecular flexibility index (Phi) is 4.40. The van der Waals surface area contributed by atoms with Crippen LogP contribution in [0.25, 0.3) is 0 Å². The molecule has 0 bridgehead atoms. The summed E-state index contributed by atoms with van der Waals surface area (Å²) in [6.07, 6.45) is 7.71. The highest BCUT2D eigenvalue weighted by molar-refractivity contribution is 7.81. The van der Waals surface area contributed by atoms with E-state index in [0.29, 0.717) is 12.0 Å². The molecule has 0 radical (unpaired) electrons. The van der Waals surface area contributed by atoms with Gasteiger partial charge >= 0.3 is 0 Å². The van der Waals surface area contributed by atoms with E-state index in [4.69, 9.17) is 0 Å². The summed E-state index contributed by atoms with van der Waals surface area (Å²) < 4.78 is 0. The highest BCUT2D eigenvalue weighted by atomic mass is 32.1. The number of amides is 1. The van der Waals surface area contributed by atoms with Gasteiger partial charge in [0.1, 0.15) is 0 Å². The standard InChI is InChI=1S/C14H25NOS/c1-10(2)13(17)14(16)15-9-5-7-11-6-3-4-8-12(11)15/h10-13,17H,3-9H2,1-2H3/t11-,12-,13?/m1/s1. The van der Waals surface area contributed by atoms with E-state index in [1.165, 1.54) is 38.5 Å². The summed E-state index contributed by atoms with van der Waals surface area (Å²) >= 11 is 4.50. The van der Waals surface area contributed by atoms with Gasteiger partial charge in [0.15, 0.2) is 0 Å².